The minimum atomic E-state index is 0.735. The van der Waals surface area contributed by atoms with Crippen LogP contribution in [0.3, 0.4) is 0 Å². The lowest BCUT2D eigenvalue weighted by molar-refractivity contribution is 1.19. The molecular weight excluding hydrogens is 645 g/mol. The lowest BCUT2D eigenvalue weighted by Gasteiger charge is -2.15. The first-order chi connectivity index (χ1) is 24.8. The van der Waals surface area contributed by atoms with Gasteiger partial charge in [-0.05, 0) is 34.9 Å². The highest BCUT2D eigenvalue weighted by molar-refractivity contribution is 7.27. The van der Waals surface area contributed by atoms with Crippen molar-refractivity contribution in [3.05, 3.63) is 170 Å². The molecule has 0 spiro atoms. The van der Waals surface area contributed by atoms with Crippen molar-refractivity contribution in [3.63, 3.8) is 0 Å². The number of hydrogen-bond donors (Lipinski definition) is 0. The summed E-state index contributed by atoms with van der Waals surface area (Å²) in [7, 11) is 0. The van der Waals surface area contributed by atoms with E-state index in [1.54, 1.807) is 0 Å². The molecule has 0 saturated heterocycles. The van der Waals surface area contributed by atoms with Crippen molar-refractivity contribution in [1.29, 1.82) is 0 Å². The summed E-state index contributed by atoms with van der Waals surface area (Å²) in [6, 6.07) is 60.6. The smallest absolute Gasteiger partial charge is 0.162 e. The Labute approximate surface area is 297 Å². The molecule has 234 valence electrons. The Morgan fingerprint density at radius 1 is 0.340 bits per heavy atom. The Bertz CT molecular complexity index is 2850. The molecule has 0 bridgehead atoms. The van der Waals surface area contributed by atoms with Crippen LogP contribution in [0, 0.1) is 0 Å². The number of hydrogen-bond acceptors (Lipinski definition) is 4. The van der Waals surface area contributed by atoms with Crippen molar-refractivity contribution in [3.8, 4) is 56.2 Å². The fourth-order valence-corrected chi connectivity index (χ4v) is 9.60. The second-order valence-corrected chi connectivity index (χ2v) is 14.6. The molecule has 0 amide bonds. The molecule has 0 unspecified atom stereocenters. The molecule has 0 aliphatic rings. The zero-order chi connectivity index (χ0) is 33.0. The molecule has 0 aliphatic heterocycles. The normalized spacial score (nSPS) is 11.6. The Kier molecular flexibility index (Phi) is 6.90. The quantitative estimate of drug-likeness (QED) is 0.182. The lowest BCUT2D eigenvalue weighted by atomic mass is 9.95. The second-order valence-electron chi connectivity index (χ2n) is 12.5. The summed E-state index contributed by atoms with van der Waals surface area (Å²) in [6.07, 6.45) is 0. The van der Waals surface area contributed by atoms with Gasteiger partial charge in [-0.15, -0.1) is 22.7 Å². The summed E-state index contributed by atoms with van der Waals surface area (Å²) < 4.78 is 5.05. The van der Waals surface area contributed by atoms with Crippen LogP contribution in [0.1, 0.15) is 0 Å². The summed E-state index contributed by atoms with van der Waals surface area (Å²) in [5.41, 5.74) is 9.74. The van der Waals surface area contributed by atoms with Crippen LogP contribution in [0.25, 0.3) is 96.5 Å². The Morgan fingerprint density at radius 3 is 1.52 bits per heavy atom. The molecule has 0 aliphatic carbocycles. The Morgan fingerprint density at radius 2 is 0.840 bits per heavy atom. The van der Waals surface area contributed by atoms with E-state index in [0.29, 0.717) is 0 Å². The molecule has 0 radical (unpaired) electrons. The van der Waals surface area contributed by atoms with E-state index >= 15 is 0 Å². The van der Waals surface area contributed by atoms with Crippen molar-refractivity contribution in [1.82, 2.24) is 9.97 Å². The van der Waals surface area contributed by atoms with Crippen molar-refractivity contribution in [2.24, 2.45) is 0 Å². The SMILES string of the molecule is c1ccc(-c2ccc(-c3cc(-c4ccccc4)nc(-c4c(-c5cccc6c5sc5ccccc56)ccc5c4sc4ccccc45)n3)cc2)cc1. The van der Waals surface area contributed by atoms with Gasteiger partial charge >= 0.3 is 0 Å². The van der Waals surface area contributed by atoms with Gasteiger partial charge < -0.3 is 0 Å². The van der Waals surface area contributed by atoms with Crippen LogP contribution in [0.2, 0.25) is 0 Å². The van der Waals surface area contributed by atoms with Crippen molar-refractivity contribution < 1.29 is 0 Å². The first-order valence-electron chi connectivity index (χ1n) is 16.7. The summed E-state index contributed by atoms with van der Waals surface area (Å²) in [5.74, 6) is 0.735. The van der Waals surface area contributed by atoms with Gasteiger partial charge in [0.05, 0.1) is 11.4 Å². The Hall–Kier alpha value is -5.94. The van der Waals surface area contributed by atoms with Crippen LogP contribution >= 0.6 is 22.7 Å². The molecular formula is C46H28N2S2. The van der Waals surface area contributed by atoms with Crippen LogP contribution in [0.4, 0.5) is 0 Å². The summed E-state index contributed by atoms with van der Waals surface area (Å²) in [6.45, 7) is 0. The number of nitrogens with zero attached hydrogens (tertiary/aromatic N) is 2. The van der Waals surface area contributed by atoms with E-state index in [1.165, 1.54) is 57.0 Å². The first kappa shape index (κ1) is 29.0. The van der Waals surface area contributed by atoms with Gasteiger partial charge in [0.25, 0.3) is 0 Å². The molecule has 10 rings (SSSR count). The minimum Gasteiger partial charge on any atom is -0.228 e. The molecule has 0 N–H and O–H groups in total. The van der Waals surface area contributed by atoms with Gasteiger partial charge in [-0.2, -0.15) is 0 Å². The van der Waals surface area contributed by atoms with Crippen molar-refractivity contribution in [2.45, 2.75) is 0 Å². The van der Waals surface area contributed by atoms with Crippen LogP contribution in [-0.4, -0.2) is 9.97 Å². The molecule has 2 nitrogen and oxygen atoms in total. The molecule has 3 heterocycles. The predicted molar refractivity (Wildman–Crippen MR) is 215 cm³/mol. The number of thiophene rings is 2. The third-order valence-electron chi connectivity index (χ3n) is 9.55. The lowest BCUT2D eigenvalue weighted by Crippen LogP contribution is -1.98. The van der Waals surface area contributed by atoms with E-state index in [4.69, 9.17) is 9.97 Å². The van der Waals surface area contributed by atoms with E-state index < -0.39 is 0 Å². The zero-order valence-corrected chi connectivity index (χ0v) is 28.5. The molecule has 0 fully saturated rings. The van der Waals surface area contributed by atoms with Crippen LogP contribution in [-0.2, 0) is 0 Å². The van der Waals surface area contributed by atoms with E-state index in [9.17, 15) is 0 Å². The fourth-order valence-electron chi connectivity index (χ4n) is 7.12. The third-order valence-corrected chi connectivity index (χ3v) is 12.0. The number of fused-ring (bicyclic) bond motifs is 6. The third kappa shape index (κ3) is 4.84. The summed E-state index contributed by atoms with van der Waals surface area (Å²) in [4.78, 5) is 10.8. The maximum atomic E-state index is 5.43. The average molecular weight is 673 g/mol. The van der Waals surface area contributed by atoms with Gasteiger partial charge in [-0.3, -0.25) is 0 Å². The van der Waals surface area contributed by atoms with E-state index in [2.05, 4.69) is 170 Å². The van der Waals surface area contributed by atoms with E-state index in [-0.39, 0.29) is 0 Å². The monoisotopic (exact) mass is 672 g/mol. The van der Waals surface area contributed by atoms with Crippen LogP contribution in [0.15, 0.2) is 170 Å². The van der Waals surface area contributed by atoms with Gasteiger partial charge in [-0.1, -0.05) is 152 Å². The molecule has 7 aromatic carbocycles. The number of aromatic nitrogens is 2. The first-order valence-corrected chi connectivity index (χ1v) is 18.4. The zero-order valence-electron chi connectivity index (χ0n) is 26.9. The molecule has 50 heavy (non-hydrogen) atoms. The minimum absolute atomic E-state index is 0.735. The van der Waals surface area contributed by atoms with Crippen LogP contribution < -0.4 is 0 Å². The van der Waals surface area contributed by atoms with E-state index in [0.717, 1.165) is 39.5 Å². The average Bonchev–Trinajstić information content (AvgIpc) is 3.77. The summed E-state index contributed by atoms with van der Waals surface area (Å²) >= 11 is 3.69. The maximum absolute atomic E-state index is 5.43. The molecule has 10 aromatic rings. The second kappa shape index (κ2) is 11.9. The van der Waals surface area contributed by atoms with E-state index in [1.807, 2.05) is 22.7 Å². The van der Waals surface area contributed by atoms with Gasteiger partial charge in [0.2, 0.25) is 0 Å². The van der Waals surface area contributed by atoms with Crippen molar-refractivity contribution >= 4 is 63.0 Å². The fraction of sp³-hybridized carbons (Fsp3) is 0. The highest BCUT2D eigenvalue weighted by Gasteiger charge is 2.22. The van der Waals surface area contributed by atoms with Crippen molar-refractivity contribution in [2.75, 3.05) is 0 Å². The largest absolute Gasteiger partial charge is 0.228 e. The molecule has 3 aromatic heterocycles. The van der Waals surface area contributed by atoms with Gasteiger partial charge in [0, 0.05) is 62.6 Å². The van der Waals surface area contributed by atoms with Gasteiger partial charge in [0.15, 0.2) is 5.82 Å². The maximum Gasteiger partial charge on any atom is 0.162 e. The number of benzene rings is 7. The highest BCUT2D eigenvalue weighted by Crippen LogP contribution is 2.48. The summed E-state index contributed by atoms with van der Waals surface area (Å²) in [5, 5.41) is 5.07. The topological polar surface area (TPSA) is 25.8 Å². The Balaban J connectivity index is 1.26. The predicted octanol–water partition coefficient (Wildman–Crippen LogP) is 13.5. The molecule has 4 heteroatoms. The van der Waals surface area contributed by atoms with Crippen LogP contribution in [0.5, 0.6) is 0 Å². The standard InChI is InChI=1S/C46H28N2S2/c1-3-12-29(13-4-1)30-22-24-32(25-23-30)40-28-39(31-14-5-2-6-15-31)47-46(48-40)43-35(26-27-38-34-17-8-10-21-42(34)50-45(38)43)37-19-11-18-36-33-16-7-9-20-41(33)49-44(36)37/h1-28H. The number of rotatable bonds is 5. The van der Waals surface area contributed by atoms with Gasteiger partial charge in [0.1, 0.15) is 0 Å². The molecule has 0 saturated carbocycles. The van der Waals surface area contributed by atoms with Gasteiger partial charge in [-0.25, -0.2) is 9.97 Å². The highest BCUT2D eigenvalue weighted by atomic mass is 32.1. The molecule has 0 atom stereocenters.